The smallest absolute Gasteiger partial charge is 0.123 e. The third kappa shape index (κ3) is 1.34. The van der Waals surface area contributed by atoms with Gasteiger partial charge in [0.05, 0.1) is 25.2 Å². The van der Waals surface area contributed by atoms with Crippen LogP contribution in [0.25, 0.3) is 0 Å². The van der Waals surface area contributed by atoms with Crippen LogP contribution in [-0.4, -0.2) is 24.9 Å². The Bertz CT molecular complexity index is 285. The zero-order valence-electron chi connectivity index (χ0n) is 7.16. The van der Waals surface area contributed by atoms with E-state index in [2.05, 4.69) is 0 Å². The van der Waals surface area contributed by atoms with Crippen molar-refractivity contribution in [1.29, 1.82) is 0 Å². The highest BCUT2D eigenvalue weighted by atomic mass is 19.1. The van der Waals surface area contributed by atoms with Crippen LogP contribution in [0.5, 0.6) is 0 Å². The molecule has 0 amide bonds. The standard InChI is InChI=1S/C10H11FO2/c11-9-3-1-8(2-4-9)10(5-12)6-13-7-10/h1-4,12H,5-7H2. The van der Waals surface area contributed by atoms with E-state index in [-0.39, 0.29) is 17.8 Å². The number of hydrogen-bond acceptors (Lipinski definition) is 2. The highest BCUT2D eigenvalue weighted by Gasteiger charge is 2.39. The van der Waals surface area contributed by atoms with Crippen molar-refractivity contribution in [2.45, 2.75) is 5.41 Å². The van der Waals surface area contributed by atoms with Gasteiger partial charge in [-0.05, 0) is 17.7 Å². The van der Waals surface area contributed by atoms with Crippen LogP contribution < -0.4 is 0 Å². The molecule has 2 rings (SSSR count). The molecule has 0 bridgehead atoms. The lowest BCUT2D eigenvalue weighted by Crippen LogP contribution is -2.49. The van der Waals surface area contributed by atoms with Crippen LogP contribution in [0.3, 0.4) is 0 Å². The molecular weight excluding hydrogens is 171 g/mol. The van der Waals surface area contributed by atoms with E-state index in [9.17, 15) is 9.50 Å². The van der Waals surface area contributed by atoms with Crippen molar-refractivity contribution in [1.82, 2.24) is 0 Å². The maximum atomic E-state index is 12.6. The zero-order chi connectivity index (χ0) is 9.31. The van der Waals surface area contributed by atoms with Gasteiger partial charge in [-0.15, -0.1) is 0 Å². The van der Waals surface area contributed by atoms with Crippen LogP contribution in [-0.2, 0) is 10.2 Å². The number of benzene rings is 1. The number of hydrogen-bond donors (Lipinski definition) is 1. The highest BCUT2D eigenvalue weighted by Crippen LogP contribution is 2.31. The van der Waals surface area contributed by atoms with Gasteiger partial charge in [0.15, 0.2) is 0 Å². The van der Waals surface area contributed by atoms with Crippen molar-refractivity contribution in [3.8, 4) is 0 Å². The van der Waals surface area contributed by atoms with Crippen LogP contribution in [0, 0.1) is 5.82 Å². The Hall–Kier alpha value is -0.930. The predicted molar refractivity (Wildman–Crippen MR) is 46.0 cm³/mol. The van der Waals surface area contributed by atoms with E-state index in [1.54, 1.807) is 12.1 Å². The van der Waals surface area contributed by atoms with Crippen LogP contribution >= 0.6 is 0 Å². The fraction of sp³-hybridized carbons (Fsp3) is 0.400. The summed E-state index contributed by atoms with van der Waals surface area (Å²) in [7, 11) is 0. The lowest BCUT2D eigenvalue weighted by Gasteiger charge is -2.40. The zero-order valence-corrected chi connectivity index (χ0v) is 7.16. The summed E-state index contributed by atoms with van der Waals surface area (Å²) in [6.45, 7) is 1.10. The van der Waals surface area contributed by atoms with Crippen LogP contribution in [0.1, 0.15) is 5.56 Å². The Morgan fingerprint density at radius 2 is 1.92 bits per heavy atom. The summed E-state index contributed by atoms with van der Waals surface area (Å²) < 4.78 is 17.7. The largest absolute Gasteiger partial charge is 0.395 e. The molecule has 1 aromatic carbocycles. The lowest BCUT2D eigenvalue weighted by atomic mass is 9.79. The SMILES string of the molecule is OCC1(c2ccc(F)cc2)COC1. The van der Waals surface area contributed by atoms with E-state index in [1.165, 1.54) is 12.1 Å². The minimum absolute atomic E-state index is 0.0542. The molecule has 70 valence electrons. The fourth-order valence-corrected chi connectivity index (χ4v) is 1.50. The summed E-state index contributed by atoms with van der Waals surface area (Å²) >= 11 is 0. The number of halogens is 1. The summed E-state index contributed by atoms with van der Waals surface area (Å²) in [6, 6.07) is 6.22. The average Bonchev–Trinajstić information content (AvgIpc) is 2.07. The van der Waals surface area contributed by atoms with E-state index in [4.69, 9.17) is 4.74 Å². The maximum Gasteiger partial charge on any atom is 0.123 e. The predicted octanol–water partition coefficient (Wildman–Crippen LogP) is 1.09. The Labute approximate surface area is 76.0 Å². The van der Waals surface area contributed by atoms with Gasteiger partial charge in [-0.25, -0.2) is 4.39 Å². The molecule has 0 atom stereocenters. The van der Waals surface area contributed by atoms with Gasteiger partial charge in [0.2, 0.25) is 0 Å². The number of aliphatic hydroxyl groups is 1. The van der Waals surface area contributed by atoms with E-state index >= 15 is 0 Å². The maximum absolute atomic E-state index is 12.6. The third-order valence-corrected chi connectivity index (χ3v) is 2.52. The first-order chi connectivity index (χ1) is 6.27. The Morgan fingerprint density at radius 1 is 1.31 bits per heavy atom. The van der Waals surface area contributed by atoms with Crippen molar-refractivity contribution >= 4 is 0 Å². The molecule has 1 aliphatic rings. The van der Waals surface area contributed by atoms with Crippen molar-refractivity contribution in [3.63, 3.8) is 0 Å². The summed E-state index contributed by atoms with van der Waals surface area (Å²) in [5.41, 5.74) is 0.663. The molecule has 1 N–H and O–H groups in total. The summed E-state index contributed by atoms with van der Waals surface area (Å²) in [6.07, 6.45) is 0. The quantitative estimate of drug-likeness (QED) is 0.741. The molecule has 0 aromatic heterocycles. The van der Waals surface area contributed by atoms with Gasteiger partial charge in [-0.1, -0.05) is 12.1 Å². The van der Waals surface area contributed by atoms with Crippen LogP contribution in [0.15, 0.2) is 24.3 Å². The van der Waals surface area contributed by atoms with E-state index in [0.717, 1.165) is 5.56 Å². The van der Waals surface area contributed by atoms with Gasteiger partial charge < -0.3 is 9.84 Å². The lowest BCUT2D eigenvalue weighted by molar-refractivity contribution is -0.0841. The van der Waals surface area contributed by atoms with Gasteiger partial charge in [0.1, 0.15) is 5.82 Å². The molecule has 1 saturated heterocycles. The summed E-state index contributed by atoms with van der Waals surface area (Å²) in [4.78, 5) is 0. The Balaban J connectivity index is 2.28. The number of ether oxygens (including phenoxy) is 1. The first-order valence-electron chi connectivity index (χ1n) is 4.21. The first-order valence-corrected chi connectivity index (χ1v) is 4.21. The van der Waals surface area contributed by atoms with E-state index < -0.39 is 0 Å². The first kappa shape index (κ1) is 8.66. The van der Waals surface area contributed by atoms with Crippen LogP contribution in [0.4, 0.5) is 4.39 Å². The Kier molecular flexibility index (Phi) is 2.06. The molecule has 1 aliphatic heterocycles. The molecule has 3 heteroatoms. The van der Waals surface area contributed by atoms with Gasteiger partial charge in [0, 0.05) is 0 Å². The van der Waals surface area contributed by atoms with E-state index in [0.29, 0.717) is 13.2 Å². The molecule has 1 aromatic rings. The van der Waals surface area contributed by atoms with Crippen LogP contribution in [0.2, 0.25) is 0 Å². The van der Waals surface area contributed by atoms with Gasteiger partial charge in [0.25, 0.3) is 0 Å². The van der Waals surface area contributed by atoms with Crippen molar-refractivity contribution in [3.05, 3.63) is 35.6 Å². The van der Waals surface area contributed by atoms with Crippen molar-refractivity contribution in [2.24, 2.45) is 0 Å². The molecule has 1 heterocycles. The van der Waals surface area contributed by atoms with Gasteiger partial charge in [-0.2, -0.15) is 0 Å². The molecule has 0 radical (unpaired) electrons. The van der Waals surface area contributed by atoms with Crippen molar-refractivity contribution < 1.29 is 14.2 Å². The number of aliphatic hydroxyl groups excluding tert-OH is 1. The average molecular weight is 182 g/mol. The van der Waals surface area contributed by atoms with Crippen molar-refractivity contribution in [2.75, 3.05) is 19.8 Å². The molecule has 1 fully saturated rings. The summed E-state index contributed by atoms with van der Waals surface area (Å²) in [5, 5.41) is 9.19. The molecule has 0 spiro atoms. The molecule has 0 unspecified atom stereocenters. The fourth-order valence-electron chi connectivity index (χ4n) is 1.50. The molecule has 0 aliphatic carbocycles. The third-order valence-electron chi connectivity index (χ3n) is 2.52. The normalized spacial score (nSPS) is 19.5. The topological polar surface area (TPSA) is 29.5 Å². The minimum Gasteiger partial charge on any atom is -0.395 e. The summed E-state index contributed by atoms with van der Waals surface area (Å²) in [5.74, 6) is -0.253. The Morgan fingerprint density at radius 3 is 2.31 bits per heavy atom. The number of rotatable bonds is 2. The second kappa shape index (κ2) is 3.09. The molecule has 0 saturated carbocycles. The monoisotopic (exact) mass is 182 g/mol. The molecular formula is C10H11FO2. The highest BCUT2D eigenvalue weighted by molar-refractivity contribution is 5.28. The van der Waals surface area contributed by atoms with Gasteiger partial charge >= 0.3 is 0 Å². The minimum atomic E-state index is -0.284. The second-order valence-electron chi connectivity index (χ2n) is 3.44. The van der Waals surface area contributed by atoms with E-state index in [1.807, 2.05) is 0 Å². The van der Waals surface area contributed by atoms with Gasteiger partial charge in [-0.3, -0.25) is 0 Å². The molecule has 2 nitrogen and oxygen atoms in total. The molecule has 13 heavy (non-hydrogen) atoms. The second-order valence-corrected chi connectivity index (χ2v) is 3.44.